The van der Waals surface area contributed by atoms with Gasteiger partial charge in [0.05, 0.1) is 5.71 Å². The Balaban J connectivity index is 2.24. The van der Waals surface area contributed by atoms with Crippen molar-refractivity contribution in [3.05, 3.63) is 22.3 Å². The van der Waals surface area contributed by atoms with E-state index in [1.54, 1.807) is 7.11 Å². The Morgan fingerprint density at radius 2 is 1.85 bits per heavy atom. The van der Waals surface area contributed by atoms with Crippen LogP contribution in [0.15, 0.2) is 10.1 Å². The van der Waals surface area contributed by atoms with Gasteiger partial charge in [-0.2, -0.15) is 0 Å². The molecular formula is C16H21NO2S. The summed E-state index contributed by atoms with van der Waals surface area (Å²) in [7, 11) is 1.60. The van der Waals surface area contributed by atoms with Crippen LogP contribution in [0, 0.1) is 20.8 Å². The molecule has 1 aromatic carbocycles. The van der Waals surface area contributed by atoms with Gasteiger partial charge in [-0.1, -0.05) is 11.6 Å². The molecule has 0 bridgehead atoms. The first-order valence-corrected chi connectivity index (χ1v) is 7.93. The standard InChI is InChI=1S/C16H21NO2S/c1-9-10(2)15-13(11(3)14(9)18)12(17-19-4)8-16(20-15)6-5-7-16/h18H,5-8H2,1-4H3/b17-12+. The molecule has 1 aromatic rings. The minimum absolute atomic E-state index is 0.310. The first-order valence-electron chi connectivity index (χ1n) is 7.11. The van der Waals surface area contributed by atoms with Crippen LogP contribution in [-0.2, 0) is 4.84 Å². The van der Waals surface area contributed by atoms with Crippen molar-refractivity contribution in [2.45, 2.75) is 56.1 Å². The van der Waals surface area contributed by atoms with E-state index in [0.717, 1.165) is 28.8 Å². The molecule has 1 saturated carbocycles. The molecule has 1 aliphatic carbocycles. The van der Waals surface area contributed by atoms with E-state index in [4.69, 9.17) is 4.84 Å². The second kappa shape index (κ2) is 4.69. The lowest BCUT2D eigenvalue weighted by Crippen LogP contribution is -2.39. The van der Waals surface area contributed by atoms with Gasteiger partial charge in [0.25, 0.3) is 0 Å². The average Bonchev–Trinajstić information content (AvgIpc) is 2.40. The molecule has 0 unspecified atom stereocenters. The highest BCUT2D eigenvalue weighted by Gasteiger charge is 2.44. The van der Waals surface area contributed by atoms with E-state index in [2.05, 4.69) is 12.1 Å². The molecule has 1 N–H and O–H groups in total. The summed E-state index contributed by atoms with van der Waals surface area (Å²) >= 11 is 1.99. The molecule has 4 heteroatoms. The monoisotopic (exact) mass is 291 g/mol. The summed E-state index contributed by atoms with van der Waals surface area (Å²) < 4.78 is 0.310. The maximum atomic E-state index is 10.3. The molecule has 0 amide bonds. The quantitative estimate of drug-likeness (QED) is 0.792. The molecule has 1 fully saturated rings. The van der Waals surface area contributed by atoms with Gasteiger partial charge in [0.15, 0.2) is 0 Å². The second-order valence-corrected chi connectivity index (χ2v) is 7.44. The van der Waals surface area contributed by atoms with Crippen LogP contribution in [-0.4, -0.2) is 22.7 Å². The highest BCUT2D eigenvalue weighted by molar-refractivity contribution is 8.01. The fraction of sp³-hybridized carbons (Fsp3) is 0.562. The number of nitrogens with zero attached hydrogens (tertiary/aromatic N) is 1. The van der Waals surface area contributed by atoms with E-state index in [0.29, 0.717) is 10.5 Å². The molecular weight excluding hydrogens is 270 g/mol. The third kappa shape index (κ3) is 1.85. The molecule has 3 rings (SSSR count). The van der Waals surface area contributed by atoms with Crippen molar-refractivity contribution in [2.24, 2.45) is 5.16 Å². The van der Waals surface area contributed by atoms with E-state index >= 15 is 0 Å². The second-order valence-electron chi connectivity index (χ2n) is 5.96. The highest BCUT2D eigenvalue weighted by atomic mass is 32.2. The van der Waals surface area contributed by atoms with Crippen LogP contribution in [0.5, 0.6) is 5.75 Å². The van der Waals surface area contributed by atoms with Crippen LogP contribution in [0.4, 0.5) is 0 Å². The van der Waals surface area contributed by atoms with Crippen LogP contribution in [0.1, 0.15) is 47.9 Å². The smallest absolute Gasteiger partial charge is 0.122 e. The number of hydrogen-bond acceptors (Lipinski definition) is 4. The lowest BCUT2D eigenvalue weighted by atomic mass is 9.78. The van der Waals surface area contributed by atoms with Gasteiger partial charge in [-0.25, -0.2) is 0 Å². The van der Waals surface area contributed by atoms with E-state index in [9.17, 15) is 5.11 Å². The van der Waals surface area contributed by atoms with Gasteiger partial charge in [0, 0.05) is 27.2 Å². The van der Waals surface area contributed by atoms with Crippen molar-refractivity contribution in [1.29, 1.82) is 0 Å². The molecule has 1 spiro atoms. The predicted molar refractivity (Wildman–Crippen MR) is 82.9 cm³/mol. The van der Waals surface area contributed by atoms with Crippen LogP contribution >= 0.6 is 11.8 Å². The van der Waals surface area contributed by atoms with Crippen molar-refractivity contribution in [3.8, 4) is 5.75 Å². The number of phenolic OH excluding ortho intramolecular Hbond substituents is 1. The van der Waals surface area contributed by atoms with Crippen LogP contribution in [0.2, 0.25) is 0 Å². The number of thioether (sulfide) groups is 1. The first kappa shape index (κ1) is 13.8. The van der Waals surface area contributed by atoms with E-state index in [1.165, 1.54) is 29.7 Å². The summed E-state index contributed by atoms with van der Waals surface area (Å²) in [5, 5.41) is 14.6. The molecule has 1 heterocycles. The number of aromatic hydroxyl groups is 1. The lowest BCUT2D eigenvalue weighted by Gasteiger charge is -2.45. The molecule has 0 aromatic heterocycles. The Bertz CT molecular complexity index is 603. The fourth-order valence-electron chi connectivity index (χ4n) is 3.26. The minimum Gasteiger partial charge on any atom is -0.507 e. The zero-order valence-electron chi connectivity index (χ0n) is 12.5. The van der Waals surface area contributed by atoms with Crippen molar-refractivity contribution >= 4 is 17.5 Å². The normalized spacial score (nSPS) is 21.7. The summed E-state index contributed by atoms with van der Waals surface area (Å²) in [6.45, 7) is 6.07. The maximum absolute atomic E-state index is 10.3. The number of fused-ring (bicyclic) bond motifs is 1. The van der Waals surface area contributed by atoms with Crippen molar-refractivity contribution < 1.29 is 9.94 Å². The molecule has 0 atom stereocenters. The van der Waals surface area contributed by atoms with E-state index in [1.807, 2.05) is 25.6 Å². The SMILES string of the molecule is CO/N=C1\CC2(CCC2)Sc2c(C)c(C)c(O)c(C)c21. The van der Waals surface area contributed by atoms with Crippen LogP contribution in [0.3, 0.4) is 0 Å². The van der Waals surface area contributed by atoms with Gasteiger partial charge in [0.1, 0.15) is 12.9 Å². The summed E-state index contributed by atoms with van der Waals surface area (Å²) in [5.41, 5.74) is 5.19. The molecule has 2 aliphatic rings. The molecule has 1 aliphatic heterocycles. The average molecular weight is 291 g/mol. The maximum Gasteiger partial charge on any atom is 0.122 e. The van der Waals surface area contributed by atoms with E-state index < -0.39 is 0 Å². The molecule has 0 radical (unpaired) electrons. The number of benzene rings is 1. The van der Waals surface area contributed by atoms with Crippen molar-refractivity contribution in [1.82, 2.24) is 0 Å². The molecule has 108 valence electrons. The number of rotatable bonds is 1. The van der Waals surface area contributed by atoms with Crippen LogP contribution < -0.4 is 0 Å². The molecule has 20 heavy (non-hydrogen) atoms. The summed E-state index contributed by atoms with van der Waals surface area (Å²) in [6, 6.07) is 0. The van der Waals surface area contributed by atoms with Gasteiger partial charge < -0.3 is 9.94 Å². The van der Waals surface area contributed by atoms with Crippen molar-refractivity contribution in [2.75, 3.05) is 7.11 Å². The van der Waals surface area contributed by atoms with Gasteiger partial charge in [-0.15, -0.1) is 11.8 Å². The fourth-order valence-corrected chi connectivity index (χ4v) is 5.08. The minimum atomic E-state index is 0.310. The highest BCUT2D eigenvalue weighted by Crippen LogP contribution is 2.56. The van der Waals surface area contributed by atoms with Crippen molar-refractivity contribution in [3.63, 3.8) is 0 Å². The lowest BCUT2D eigenvalue weighted by molar-refractivity contribution is 0.211. The largest absolute Gasteiger partial charge is 0.507 e. The summed E-state index contributed by atoms with van der Waals surface area (Å²) in [6.07, 6.45) is 4.75. The number of hydrogen-bond donors (Lipinski definition) is 1. The topological polar surface area (TPSA) is 41.8 Å². The van der Waals surface area contributed by atoms with E-state index in [-0.39, 0.29) is 0 Å². The number of oxime groups is 1. The number of phenols is 1. The summed E-state index contributed by atoms with van der Waals surface area (Å²) in [5.74, 6) is 0.398. The third-order valence-electron chi connectivity index (χ3n) is 4.78. The van der Waals surface area contributed by atoms with Gasteiger partial charge in [-0.05, 0) is 44.7 Å². The van der Waals surface area contributed by atoms with Crippen LogP contribution in [0.25, 0.3) is 0 Å². The predicted octanol–water partition coefficient (Wildman–Crippen LogP) is 4.09. The van der Waals surface area contributed by atoms with Gasteiger partial charge >= 0.3 is 0 Å². The Morgan fingerprint density at radius 3 is 2.40 bits per heavy atom. The molecule has 0 saturated heterocycles. The zero-order valence-corrected chi connectivity index (χ0v) is 13.4. The van der Waals surface area contributed by atoms with Gasteiger partial charge in [-0.3, -0.25) is 0 Å². The summed E-state index contributed by atoms with van der Waals surface area (Å²) in [4.78, 5) is 6.35. The first-order chi connectivity index (χ1) is 9.49. The van der Waals surface area contributed by atoms with Gasteiger partial charge in [0.2, 0.25) is 0 Å². The molecule has 3 nitrogen and oxygen atoms in total. The zero-order chi connectivity index (χ0) is 14.5. The Kier molecular flexibility index (Phi) is 3.24. The Labute approximate surface area is 124 Å². The third-order valence-corrected chi connectivity index (χ3v) is 6.48. The Hall–Kier alpha value is -1.16. The Morgan fingerprint density at radius 1 is 1.15 bits per heavy atom.